The molecule has 9 nitrogen and oxygen atoms in total. The molecule has 3 amide bonds. The highest BCUT2D eigenvalue weighted by atomic mass is 32.1. The molecule has 2 aromatic rings. The van der Waals surface area contributed by atoms with Crippen molar-refractivity contribution in [1.29, 1.82) is 0 Å². The van der Waals surface area contributed by atoms with Crippen molar-refractivity contribution in [3.05, 3.63) is 35.3 Å². The summed E-state index contributed by atoms with van der Waals surface area (Å²) < 4.78 is 10.2. The summed E-state index contributed by atoms with van der Waals surface area (Å²) in [5, 5.41) is 7.74. The number of nitrogens with one attached hydrogen (secondary N) is 2. The zero-order valence-corrected chi connectivity index (χ0v) is 19.1. The van der Waals surface area contributed by atoms with Gasteiger partial charge in [0.2, 0.25) is 5.91 Å². The highest BCUT2D eigenvalue weighted by Gasteiger charge is 2.28. The van der Waals surface area contributed by atoms with Gasteiger partial charge in [0, 0.05) is 30.6 Å². The SMILES string of the molecule is CCOC(=O)C1CCN(C(=O)CCc2csc(NC(=O)Nc3ccc(OC)cc3)n2)CC1. The molecule has 0 bridgehead atoms. The lowest BCUT2D eigenvalue weighted by Gasteiger charge is -2.30. The number of hydrogen-bond acceptors (Lipinski definition) is 7. The summed E-state index contributed by atoms with van der Waals surface area (Å²) in [6.45, 7) is 3.31. The Labute approximate surface area is 191 Å². The number of aromatic nitrogens is 1. The molecule has 172 valence electrons. The number of nitrogens with zero attached hydrogens (tertiary/aromatic N) is 2. The number of esters is 1. The summed E-state index contributed by atoms with van der Waals surface area (Å²) in [7, 11) is 1.58. The van der Waals surface area contributed by atoms with Gasteiger partial charge in [-0.1, -0.05) is 0 Å². The lowest BCUT2D eigenvalue weighted by atomic mass is 9.96. The largest absolute Gasteiger partial charge is 0.497 e. The maximum Gasteiger partial charge on any atom is 0.325 e. The van der Waals surface area contributed by atoms with Crippen molar-refractivity contribution in [2.75, 3.05) is 37.4 Å². The molecule has 1 aliphatic rings. The molecule has 1 aromatic heterocycles. The van der Waals surface area contributed by atoms with Gasteiger partial charge in [0.15, 0.2) is 5.13 Å². The Morgan fingerprint density at radius 2 is 1.88 bits per heavy atom. The van der Waals surface area contributed by atoms with Gasteiger partial charge in [-0.25, -0.2) is 9.78 Å². The molecule has 2 N–H and O–H groups in total. The van der Waals surface area contributed by atoms with Crippen LogP contribution in [0.15, 0.2) is 29.6 Å². The monoisotopic (exact) mass is 460 g/mol. The molecule has 0 saturated carbocycles. The number of carbonyl (C=O) groups is 3. The second kappa shape index (κ2) is 11.5. The summed E-state index contributed by atoms with van der Waals surface area (Å²) in [5.41, 5.74) is 1.39. The second-order valence-electron chi connectivity index (χ2n) is 7.36. The van der Waals surface area contributed by atoms with Crippen molar-refractivity contribution >= 4 is 40.1 Å². The first-order chi connectivity index (χ1) is 15.5. The van der Waals surface area contributed by atoms with Crippen LogP contribution in [0.5, 0.6) is 5.75 Å². The number of hydrogen-bond donors (Lipinski definition) is 2. The van der Waals surface area contributed by atoms with E-state index in [1.54, 1.807) is 43.2 Å². The number of carbonyl (C=O) groups excluding carboxylic acids is 3. The van der Waals surface area contributed by atoms with Crippen LogP contribution in [0.2, 0.25) is 0 Å². The summed E-state index contributed by atoms with van der Waals surface area (Å²) in [5.74, 6) is 0.471. The first-order valence-electron chi connectivity index (χ1n) is 10.6. The van der Waals surface area contributed by atoms with E-state index in [1.807, 2.05) is 5.38 Å². The molecule has 32 heavy (non-hydrogen) atoms. The van der Waals surface area contributed by atoms with E-state index in [4.69, 9.17) is 9.47 Å². The molecule has 0 radical (unpaired) electrons. The number of anilines is 2. The molecule has 1 aromatic carbocycles. The van der Waals surface area contributed by atoms with Crippen molar-refractivity contribution in [3.8, 4) is 5.75 Å². The predicted molar refractivity (Wildman–Crippen MR) is 122 cm³/mol. The maximum atomic E-state index is 12.5. The van der Waals surface area contributed by atoms with E-state index < -0.39 is 6.03 Å². The Bertz CT molecular complexity index is 923. The lowest BCUT2D eigenvalue weighted by molar-refractivity contribution is -0.151. The zero-order valence-electron chi connectivity index (χ0n) is 18.3. The van der Waals surface area contributed by atoms with E-state index >= 15 is 0 Å². The third-order valence-electron chi connectivity index (χ3n) is 5.18. The molecule has 2 heterocycles. The van der Waals surface area contributed by atoms with Gasteiger partial charge in [0.25, 0.3) is 0 Å². The lowest BCUT2D eigenvalue weighted by Crippen LogP contribution is -2.40. The predicted octanol–water partition coefficient (Wildman–Crippen LogP) is 3.53. The van der Waals surface area contributed by atoms with E-state index in [1.165, 1.54) is 11.3 Å². The Balaban J connectivity index is 1.40. The van der Waals surface area contributed by atoms with Crippen LogP contribution in [0.1, 0.15) is 31.9 Å². The molecule has 1 fully saturated rings. The standard InChI is InChI=1S/C22H28N4O5S/c1-3-31-20(28)15-10-12-26(13-11-15)19(27)9-6-17-14-32-22(24-17)25-21(29)23-16-4-7-18(30-2)8-5-16/h4-5,7-8,14-15H,3,6,9-13H2,1-2H3,(H2,23,24,25,29). The van der Waals surface area contributed by atoms with Crippen molar-refractivity contribution < 1.29 is 23.9 Å². The van der Waals surface area contributed by atoms with Crippen LogP contribution in [0.25, 0.3) is 0 Å². The fourth-order valence-electron chi connectivity index (χ4n) is 3.43. The number of amides is 3. The van der Waals surface area contributed by atoms with Gasteiger partial charge in [-0.05, 0) is 50.5 Å². The average molecular weight is 461 g/mol. The van der Waals surface area contributed by atoms with Crippen LogP contribution < -0.4 is 15.4 Å². The molecular weight excluding hydrogens is 432 g/mol. The van der Waals surface area contributed by atoms with Gasteiger partial charge >= 0.3 is 12.0 Å². The van der Waals surface area contributed by atoms with Crippen LogP contribution in [0, 0.1) is 5.92 Å². The van der Waals surface area contributed by atoms with E-state index in [0.29, 0.717) is 61.9 Å². The number of aryl methyl sites for hydroxylation is 1. The fourth-order valence-corrected chi connectivity index (χ4v) is 4.17. The molecule has 0 atom stereocenters. The summed E-state index contributed by atoms with van der Waals surface area (Å²) in [4.78, 5) is 42.7. The summed E-state index contributed by atoms with van der Waals surface area (Å²) in [6, 6.07) is 6.61. The number of rotatable bonds is 8. The Kier molecular flexibility index (Phi) is 8.43. The zero-order chi connectivity index (χ0) is 22.9. The smallest absolute Gasteiger partial charge is 0.325 e. The molecule has 1 saturated heterocycles. The van der Waals surface area contributed by atoms with E-state index in [0.717, 1.165) is 5.69 Å². The summed E-state index contributed by atoms with van der Waals surface area (Å²) in [6.07, 6.45) is 2.11. The van der Waals surface area contributed by atoms with E-state index in [9.17, 15) is 14.4 Å². The topological polar surface area (TPSA) is 110 Å². The Hall–Kier alpha value is -3.14. The van der Waals surface area contributed by atoms with Gasteiger partial charge in [0.05, 0.1) is 25.3 Å². The minimum absolute atomic E-state index is 0.0482. The van der Waals surface area contributed by atoms with Crippen LogP contribution in [-0.2, 0) is 20.7 Å². The minimum Gasteiger partial charge on any atom is -0.497 e. The number of thiazole rings is 1. The number of ether oxygens (including phenoxy) is 2. The number of piperidine rings is 1. The fraction of sp³-hybridized carbons (Fsp3) is 0.455. The van der Waals surface area contributed by atoms with Crippen LogP contribution >= 0.6 is 11.3 Å². The third kappa shape index (κ3) is 6.68. The number of methoxy groups -OCH3 is 1. The van der Waals surface area contributed by atoms with Crippen molar-refractivity contribution in [2.24, 2.45) is 5.92 Å². The Morgan fingerprint density at radius 3 is 2.53 bits per heavy atom. The maximum absolute atomic E-state index is 12.5. The van der Waals surface area contributed by atoms with Gasteiger partial charge in [-0.3, -0.25) is 14.9 Å². The highest BCUT2D eigenvalue weighted by Crippen LogP contribution is 2.21. The van der Waals surface area contributed by atoms with Gasteiger partial charge in [0.1, 0.15) is 5.75 Å². The highest BCUT2D eigenvalue weighted by molar-refractivity contribution is 7.13. The second-order valence-corrected chi connectivity index (χ2v) is 8.22. The van der Waals surface area contributed by atoms with Gasteiger partial charge in [-0.2, -0.15) is 0 Å². The molecule has 10 heteroatoms. The molecule has 0 aliphatic carbocycles. The van der Waals surface area contributed by atoms with E-state index in [-0.39, 0.29) is 17.8 Å². The molecule has 1 aliphatic heterocycles. The normalized spacial score (nSPS) is 14.0. The van der Waals surface area contributed by atoms with Gasteiger partial charge < -0.3 is 19.7 Å². The minimum atomic E-state index is -0.392. The van der Waals surface area contributed by atoms with Crippen LogP contribution in [0.3, 0.4) is 0 Å². The summed E-state index contributed by atoms with van der Waals surface area (Å²) >= 11 is 1.31. The Morgan fingerprint density at radius 1 is 1.16 bits per heavy atom. The van der Waals surface area contributed by atoms with Crippen LogP contribution in [-0.4, -0.2) is 54.6 Å². The number of likely N-dealkylation sites (tertiary alicyclic amines) is 1. The van der Waals surface area contributed by atoms with E-state index in [2.05, 4.69) is 15.6 Å². The molecule has 3 rings (SSSR count). The van der Waals surface area contributed by atoms with Crippen molar-refractivity contribution in [1.82, 2.24) is 9.88 Å². The van der Waals surface area contributed by atoms with Crippen molar-refractivity contribution in [2.45, 2.75) is 32.6 Å². The molecule has 0 unspecified atom stereocenters. The quantitative estimate of drug-likeness (QED) is 0.583. The molecular formula is C22H28N4O5S. The number of urea groups is 1. The number of benzene rings is 1. The third-order valence-corrected chi connectivity index (χ3v) is 5.99. The molecule has 0 spiro atoms. The first kappa shape index (κ1) is 23.5. The van der Waals surface area contributed by atoms with Crippen molar-refractivity contribution in [3.63, 3.8) is 0 Å². The van der Waals surface area contributed by atoms with Gasteiger partial charge in [-0.15, -0.1) is 11.3 Å². The average Bonchev–Trinajstić information content (AvgIpc) is 3.25. The first-order valence-corrected chi connectivity index (χ1v) is 11.5. The van der Waals surface area contributed by atoms with Crippen LogP contribution in [0.4, 0.5) is 15.6 Å².